The van der Waals surface area contributed by atoms with Gasteiger partial charge in [0.1, 0.15) is 5.75 Å². The van der Waals surface area contributed by atoms with Crippen molar-refractivity contribution in [2.45, 2.75) is 13.3 Å². The van der Waals surface area contributed by atoms with Gasteiger partial charge in [-0.2, -0.15) is 0 Å². The van der Waals surface area contributed by atoms with Gasteiger partial charge in [0.25, 0.3) is 0 Å². The maximum Gasteiger partial charge on any atom is 0.412 e. The molecule has 0 radical (unpaired) electrons. The first-order chi connectivity index (χ1) is 6.26. The number of aryl methyl sites for hydroxylation is 1. The van der Waals surface area contributed by atoms with Gasteiger partial charge in [-0.05, 0) is 24.1 Å². The molecule has 13 heavy (non-hydrogen) atoms. The Balaban J connectivity index is 2.71. The summed E-state index contributed by atoms with van der Waals surface area (Å²) >= 11 is 0. The van der Waals surface area contributed by atoms with Crippen LogP contribution in [0.3, 0.4) is 0 Å². The lowest BCUT2D eigenvalue weighted by Gasteiger charge is -2.04. The second-order valence-electron chi connectivity index (χ2n) is 2.64. The van der Waals surface area contributed by atoms with E-state index in [1.807, 2.05) is 18.2 Å². The molecule has 0 saturated heterocycles. The Morgan fingerprint density at radius 2 is 2.31 bits per heavy atom. The monoisotopic (exact) mass is 179 g/mol. The molecule has 1 rings (SSSR count). The molecule has 70 valence electrons. The van der Waals surface area contributed by atoms with E-state index in [0.29, 0.717) is 5.75 Å². The van der Waals surface area contributed by atoms with Gasteiger partial charge < -0.3 is 10.1 Å². The van der Waals surface area contributed by atoms with Crippen molar-refractivity contribution in [3.05, 3.63) is 29.8 Å². The van der Waals surface area contributed by atoms with E-state index in [-0.39, 0.29) is 0 Å². The summed E-state index contributed by atoms with van der Waals surface area (Å²) in [4.78, 5) is 10.8. The predicted molar refractivity (Wildman–Crippen MR) is 50.9 cm³/mol. The summed E-state index contributed by atoms with van der Waals surface area (Å²) in [6.07, 6.45) is 0.499. The summed E-state index contributed by atoms with van der Waals surface area (Å²) in [6, 6.07) is 7.48. The minimum absolute atomic E-state index is 0.437. The van der Waals surface area contributed by atoms with Crippen molar-refractivity contribution in [2.24, 2.45) is 0 Å². The zero-order valence-corrected chi connectivity index (χ0v) is 7.83. The Morgan fingerprint density at radius 1 is 1.54 bits per heavy atom. The summed E-state index contributed by atoms with van der Waals surface area (Å²) in [5.74, 6) is 0.582. The van der Waals surface area contributed by atoms with Crippen LogP contribution in [0.5, 0.6) is 5.75 Å². The van der Waals surface area contributed by atoms with Crippen LogP contribution < -0.4 is 10.1 Å². The van der Waals surface area contributed by atoms with Crippen LogP contribution in [0.25, 0.3) is 0 Å². The fraction of sp³-hybridized carbons (Fsp3) is 0.300. The highest BCUT2D eigenvalue weighted by Gasteiger charge is 2.00. The van der Waals surface area contributed by atoms with E-state index in [9.17, 15) is 4.79 Å². The lowest BCUT2D eigenvalue weighted by molar-refractivity contribution is 0.203. The van der Waals surface area contributed by atoms with E-state index in [2.05, 4.69) is 12.2 Å². The van der Waals surface area contributed by atoms with Crippen LogP contribution in [0.1, 0.15) is 12.5 Å². The average molecular weight is 179 g/mol. The van der Waals surface area contributed by atoms with Crippen LogP contribution in [-0.2, 0) is 6.42 Å². The van der Waals surface area contributed by atoms with Gasteiger partial charge in [-0.3, -0.25) is 0 Å². The number of ether oxygens (including phenoxy) is 1. The van der Waals surface area contributed by atoms with Gasteiger partial charge in [0, 0.05) is 7.05 Å². The normalized spacial score (nSPS) is 9.38. The fourth-order valence-electron chi connectivity index (χ4n) is 0.987. The summed E-state index contributed by atoms with van der Waals surface area (Å²) in [5, 5.41) is 2.39. The molecule has 0 unspecified atom stereocenters. The zero-order chi connectivity index (χ0) is 9.68. The van der Waals surface area contributed by atoms with Crippen molar-refractivity contribution in [1.29, 1.82) is 0 Å². The summed E-state index contributed by atoms with van der Waals surface area (Å²) in [7, 11) is 1.53. The molecule has 0 spiro atoms. The van der Waals surface area contributed by atoms with Crippen molar-refractivity contribution in [2.75, 3.05) is 7.05 Å². The molecule has 0 aliphatic carbocycles. The first-order valence-electron chi connectivity index (χ1n) is 4.24. The van der Waals surface area contributed by atoms with Gasteiger partial charge >= 0.3 is 6.09 Å². The highest BCUT2D eigenvalue weighted by atomic mass is 16.5. The number of benzene rings is 1. The third-order valence-electron chi connectivity index (χ3n) is 1.72. The number of hydrogen-bond acceptors (Lipinski definition) is 2. The lowest BCUT2D eigenvalue weighted by atomic mass is 10.2. The number of carbonyl (C=O) groups is 1. The molecule has 0 aliphatic rings. The average Bonchev–Trinajstić information content (AvgIpc) is 2.18. The third kappa shape index (κ3) is 2.78. The topological polar surface area (TPSA) is 38.3 Å². The smallest absolute Gasteiger partial charge is 0.410 e. The molecule has 3 heteroatoms. The highest BCUT2D eigenvalue weighted by molar-refractivity contribution is 5.69. The van der Waals surface area contributed by atoms with E-state index < -0.39 is 6.09 Å². The minimum atomic E-state index is -0.437. The maximum absolute atomic E-state index is 10.8. The van der Waals surface area contributed by atoms with Crippen LogP contribution in [0.15, 0.2) is 24.3 Å². The van der Waals surface area contributed by atoms with Gasteiger partial charge in [-0.25, -0.2) is 4.79 Å². The molecule has 1 aromatic rings. The number of nitrogens with one attached hydrogen (secondary N) is 1. The van der Waals surface area contributed by atoms with E-state index in [1.165, 1.54) is 7.05 Å². The van der Waals surface area contributed by atoms with Gasteiger partial charge in [0.2, 0.25) is 0 Å². The van der Waals surface area contributed by atoms with Gasteiger partial charge in [0.05, 0.1) is 0 Å². The number of carbonyl (C=O) groups excluding carboxylic acids is 1. The van der Waals surface area contributed by atoms with Crippen molar-refractivity contribution in [3.63, 3.8) is 0 Å². The third-order valence-corrected chi connectivity index (χ3v) is 1.72. The standard InChI is InChI=1S/C10H13NO2/c1-3-8-5-4-6-9(7-8)13-10(12)11-2/h4-7H,3H2,1-2H3,(H,11,12). The summed E-state index contributed by atoms with van der Waals surface area (Å²) in [5.41, 5.74) is 1.15. The Labute approximate surface area is 77.7 Å². The van der Waals surface area contributed by atoms with Crippen LogP contribution in [0, 0.1) is 0 Å². The molecule has 0 aromatic heterocycles. The van der Waals surface area contributed by atoms with E-state index in [4.69, 9.17) is 4.74 Å². The van der Waals surface area contributed by atoms with E-state index >= 15 is 0 Å². The molecule has 0 atom stereocenters. The Hall–Kier alpha value is -1.51. The van der Waals surface area contributed by atoms with E-state index in [0.717, 1.165) is 12.0 Å². The van der Waals surface area contributed by atoms with Gasteiger partial charge in [-0.1, -0.05) is 19.1 Å². The molecule has 1 N–H and O–H groups in total. The zero-order valence-electron chi connectivity index (χ0n) is 7.83. The van der Waals surface area contributed by atoms with Crippen LogP contribution in [-0.4, -0.2) is 13.1 Å². The molecule has 0 bridgehead atoms. The molecule has 0 saturated carbocycles. The molecule has 1 aromatic carbocycles. The quantitative estimate of drug-likeness (QED) is 0.753. The molecule has 0 heterocycles. The molecular formula is C10H13NO2. The molecule has 1 amide bonds. The Bertz CT molecular complexity index is 297. The first-order valence-corrected chi connectivity index (χ1v) is 4.24. The highest BCUT2D eigenvalue weighted by Crippen LogP contribution is 2.13. The Kier molecular flexibility index (Phi) is 3.31. The number of rotatable bonds is 2. The number of amides is 1. The second-order valence-corrected chi connectivity index (χ2v) is 2.64. The van der Waals surface area contributed by atoms with Crippen LogP contribution in [0.4, 0.5) is 4.79 Å². The second kappa shape index (κ2) is 4.50. The fourth-order valence-corrected chi connectivity index (χ4v) is 0.987. The van der Waals surface area contributed by atoms with Crippen molar-refractivity contribution in [1.82, 2.24) is 5.32 Å². The molecule has 0 fully saturated rings. The van der Waals surface area contributed by atoms with Crippen molar-refractivity contribution < 1.29 is 9.53 Å². The van der Waals surface area contributed by atoms with Crippen LogP contribution >= 0.6 is 0 Å². The molecule has 3 nitrogen and oxygen atoms in total. The van der Waals surface area contributed by atoms with Crippen molar-refractivity contribution in [3.8, 4) is 5.75 Å². The van der Waals surface area contributed by atoms with E-state index in [1.54, 1.807) is 6.07 Å². The maximum atomic E-state index is 10.8. The SMILES string of the molecule is CCc1cccc(OC(=O)NC)c1. The van der Waals surface area contributed by atoms with Gasteiger partial charge in [0.15, 0.2) is 0 Å². The Morgan fingerprint density at radius 3 is 2.92 bits per heavy atom. The summed E-state index contributed by atoms with van der Waals surface area (Å²) in [6.45, 7) is 2.05. The molecular weight excluding hydrogens is 166 g/mol. The van der Waals surface area contributed by atoms with Crippen LogP contribution in [0.2, 0.25) is 0 Å². The predicted octanol–water partition coefficient (Wildman–Crippen LogP) is 1.97. The lowest BCUT2D eigenvalue weighted by Crippen LogP contribution is -2.22. The summed E-state index contributed by atoms with van der Waals surface area (Å²) < 4.78 is 4.96. The number of hydrogen-bond donors (Lipinski definition) is 1. The first kappa shape index (κ1) is 9.58. The minimum Gasteiger partial charge on any atom is -0.410 e. The van der Waals surface area contributed by atoms with Gasteiger partial charge in [-0.15, -0.1) is 0 Å². The molecule has 0 aliphatic heterocycles. The van der Waals surface area contributed by atoms with Crippen molar-refractivity contribution >= 4 is 6.09 Å². The largest absolute Gasteiger partial charge is 0.412 e.